The molecule has 1 heterocycles. The molecule has 1 aliphatic rings. The Bertz CT molecular complexity index is 850. The summed E-state index contributed by atoms with van der Waals surface area (Å²) in [6.45, 7) is 9.04. The largest absolute Gasteiger partial charge is 0.494 e. The summed E-state index contributed by atoms with van der Waals surface area (Å²) in [4.78, 5) is 14.9. The van der Waals surface area contributed by atoms with Crippen molar-refractivity contribution in [1.82, 2.24) is 10.2 Å². The maximum absolute atomic E-state index is 12.7. The monoisotopic (exact) mass is 445 g/mol. The number of rotatable bonds is 9. The number of nitrogens with zero attached hydrogens (tertiary/aromatic N) is 1. The number of benzene rings is 2. The molecule has 1 fully saturated rings. The first-order chi connectivity index (χ1) is 14.9. The maximum atomic E-state index is 12.7. The smallest absolute Gasteiger partial charge is 0.238 e. The van der Waals surface area contributed by atoms with E-state index in [9.17, 15) is 4.79 Å². The van der Waals surface area contributed by atoms with Crippen molar-refractivity contribution in [3.05, 3.63) is 47.5 Å². The number of piperidine rings is 1. The zero-order valence-electron chi connectivity index (χ0n) is 18.5. The van der Waals surface area contributed by atoms with Crippen LogP contribution in [-0.2, 0) is 4.79 Å². The lowest BCUT2D eigenvalue weighted by molar-refractivity contribution is -0.117. The summed E-state index contributed by atoms with van der Waals surface area (Å²) in [5.41, 5.74) is 0.558. The molecule has 0 atom stereocenters. The van der Waals surface area contributed by atoms with Crippen LogP contribution in [0, 0.1) is 0 Å². The van der Waals surface area contributed by atoms with E-state index in [1.807, 2.05) is 31.2 Å². The number of hydrogen-bond donors (Lipinski definition) is 2. The van der Waals surface area contributed by atoms with Crippen LogP contribution in [0.15, 0.2) is 42.5 Å². The highest BCUT2D eigenvalue weighted by Crippen LogP contribution is 2.32. The van der Waals surface area contributed by atoms with Crippen molar-refractivity contribution in [2.24, 2.45) is 0 Å². The summed E-state index contributed by atoms with van der Waals surface area (Å²) in [5.74, 6) is 1.91. The van der Waals surface area contributed by atoms with Crippen molar-refractivity contribution < 1.29 is 14.3 Å². The molecular formula is C24H32ClN3O3. The Kier molecular flexibility index (Phi) is 8.58. The third kappa shape index (κ3) is 7.42. The molecular weight excluding hydrogens is 414 g/mol. The van der Waals surface area contributed by atoms with E-state index < -0.39 is 0 Å². The number of likely N-dealkylation sites (tertiary alicyclic amines) is 1. The van der Waals surface area contributed by atoms with Crippen molar-refractivity contribution >= 4 is 23.2 Å². The van der Waals surface area contributed by atoms with Gasteiger partial charge in [0.05, 0.1) is 18.8 Å². The van der Waals surface area contributed by atoms with Gasteiger partial charge in [-0.3, -0.25) is 9.69 Å². The number of nitrogens with one attached hydrogen (secondary N) is 2. The molecule has 0 spiro atoms. The van der Waals surface area contributed by atoms with E-state index in [0.29, 0.717) is 47.4 Å². The first kappa shape index (κ1) is 23.4. The second kappa shape index (κ2) is 11.4. The molecule has 0 saturated carbocycles. The highest BCUT2D eigenvalue weighted by Gasteiger charge is 2.21. The highest BCUT2D eigenvalue weighted by atomic mass is 35.5. The topological polar surface area (TPSA) is 62.8 Å². The number of halogens is 1. The van der Waals surface area contributed by atoms with Gasteiger partial charge in [0, 0.05) is 30.2 Å². The molecule has 0 aromatic heterocycles. The summed E-state index contributed by atoms with van der Waals surface area (Å²) < 4.78 is 11.5. The van der Waals surface area contributed by atoms with Crippen molar-refractivity contribution in [1.29, 1.82) is 0 Å². The summed E-state index contributed by atoms with van der Waals surface area (Å²) in [5, 5.41) is 7.08. The average Bonchev–Trinajstić information content (AvgIpc) is 2.72. The SMILES string of the molecule is CCOc1ccc(Oc2ccc(Cl)cc2NC(=O)CN2CCC(NC(C)C)CC2)cc1. The second-order valence-electron chi connectivity index (χ2n) is 8.07. The van der Waals surface area contributed by atoms with Crippen LogP contribution in [0.25, 0.3) is 0 Å². The van der Waals surface area contributed by atoms with E-state index in [1.54, 1.807) is 18.2 Å². The van der Waals surface area contributed by atoms with E-state index in [0.717, 1.165) is 31.7 Å². The van der Waals surface area contributed by atoms with Gasteiger partial charge in [-0.25, -0.2) is 0 Å². The van der Waals surface area contributed by atoms with Crippen LogP contribution >= 0.6 is 11.6 Å². The Morgan fingerprint density at radius 1 is 1.13 bits per heavy atom. The van der Waals surface area contributed by atoms with E-state index in [-0.39, 0.29) is 5.91 Å². The quantitative estimate of drug-likeness (QED) is 0.572. The number of carbonyl (C=O) groups excluding carboxylic acids is 1. The molecule has 31 heavy (non-hydrogen) atoms. The third-order valence-electron chi connectivity index (χ3n) is 5.10. The molecule has 0 unspecified atom stereocenters. The minimum absolute atomic E-state index is 0.0749. The van der Waals surface area contributed by atoms with Gasteiger partial charge in [-0.05, 0) is 62.2 Å². The zero-order valence-corrected chi connectivity index (χ0v) is 19.2. The number of hydrogen-bond acceptors (Lipinski definition) is 5. The Morgan fingerprint density at radius 2 is 1.81 bits per heavy atom. The standard InChI is InChI=1S/C24H32ClN3O3/c1-4-30-20-6-8-21(9-7-20)31-23-10-5-18(25)15-22(23)27-24(29)16-28-13-11-19(12-14-28)26-17(2)3/h5-10,15,17,19,26H,4,11-14,16H2,1-3H3,(H,27,29). The average molecular weight is 446 g/mol. The van der Waals surface area contributed by atoms with Crippen LogP contribution in [0.2, 0.25) is 5.02 Å². The first-order valence-electron chi connectivity index (χ1n) is 10.9. The van der Waals surface area contributed by atoms with Crippen LogP contribution in [-0.4, -0.2) is 49.1 Å². The number of anilines is 1. The van der Waals surface area contributed by atoms with Crippen LogP contribution < -0.4 is 20.1 Å². The molecule has 0 radical (unpaired) electrons. The van der Waals surface area contributed by atoms with Crippen LogP contribution in [0.1, 0.15) is 33.6 Å². The normalized spacial score (nSPS) is 15.1. The first-order valence-corrected chi connectivity index (χ1v) is 11.3. The van der Waals surface area contributed by atoms with E-state index in [4.69, 9.17) is 21.1 Å². The van der Waals surface area contributed by atoms with Crippen molar-refractivity contribution in [2.75, 3.05) is 31.6 Å². The van der Waals surface area contributed by atoms with Gasteiger partial charge in [-0.15, -0.1) is 0 Å². The molecule has 0 aliphatic carbocycles. The van der Waals surface area contributed by atoms with Gasteiger partial charge >= 0.3 is 0 Å². The van der Waals surface area contributed by atoms with Crippen molar-refractivity contribution in [3.63, 3.8) is 0 Å². The van der Waals surface area contributed by atoms with Gasteiger partial charge in [-0.2, -0.15) is 0 Å². The molecule has 6 nitrogen and oxygen atoms in total. The van der Waals surface area contributed by atoms with Crippen molar-refractivity contribution in [3.8, 4) is 17.2 Å². The fourth-order valence-electron chi connectivity index (χ4n) is 3.71. The molecule has 168 valence electrons. The maximum Gasteiger partial charge on any atom is 0.238 e. The van der Waals surface area contributed by atoms with E-state index >= 15 is 0 Å². The predicted octanol–water partition coefficient (Wildman–Crippen LogP) is 4.93. The Labute approximate surface area is 189 Å². The van der Waals surface area contributed by atoms with Crippen LogP contribution in [0.5, 0.6) is 17.2 Å². The predicted molar refractivity (Wildman–Crippen MR) is 126 cm³/mol. The fourth-order valence-corrected chi connectivity index (χ4v) is 3.88. The summed E-state index contributed by atoms with van der Waals surface area (Å²) in [6, 6.07) is 13.6. The van der Waals surface area contributed by atoms with Crippen molar-refractivity contribution in [2.45, 2.75) is 45.7 Å². The van der Waals surface area contributed by atoms with Gasteiger partial charge in [0.1, 0.15) is 11.5 Å². The minimum Gasteiger partial charge on any atom is -0.494 e. The lowest BCUT2D eigenvalue weighted by Gasteiger charge is -2.33. The lowest BCUT2D eigenvalue weighted by atomic mass is 10.0. The van der Waals surface area contributed by atoms with Crippen LogP contribution in [0.4, 0.5) is 5.69 Å². The number of carbonyl (C=O) groups is 1. The van der Waals surface area contributed by atoms with E-state index in [1.165, 1.54) is 0 Å². The lowest BCUT2D eigenvalue weighted by Crippen LogP contribution is -2.46. The van der Waals surface area contributed by atoms with E-state index in [2.05, 4.69) is 29.4 Å². The minimum atomic E-state index is -0.0749. The highest BCUT2D eigenvalue weighted by molar-refractivity contribution is 6.31. The molecule has 3 rings (SSSR count). The molecule has 2 N–H and O–H groups in total. The second-order valence-corrected chi connectivity index (χ2v) is 8.50. The molecule has 0 bridgehead atoms. The van der Waals surface area contributed by atoms with Gasteiger partial charge < -0.3 is 20.1 Å². The fraction of sp³-hybridized carbons (Fsp3) is 0.458. The third-order valence-corrected chi connectivity index (χ3v) is 5.34. The summed E-state index contributed by atoms with van der Waals surface area (Å²) in [6.07, 6.45) is 2.10. The number of amides is 1. The number of ether oxygens (including phenoxy) is 2. The molecule has 2 aromatic rings. The summed E-state index contributed by atoms with van der Waals surface area (Å²) in [7, 11) is 0. The van der Waals surface area contributed by atoms with Crippen LogP contribution in [0.3, 0.4) is 0 Å². The molecule has 2 aromatic carbocycles. The Balaban J connectivity index is 1.58. The summed E-state index contributed by atoms with van der Waals surface area (Å²) >= 11 is 6.17. The Morgan fingerprint density at radius 3 is 2.45 bits per heavy atom. The van der Waals surface area contributed by atoms with Gasteiger partial charge in [0.25, 0.3) is 0 Å². The Hall–Kier alpha value is -2.28. The molecule has 1 aliphatic heterocycles. The molecule has 1 saturated heterocycles. The molecule has 7 heteroatoms. The van der Waals surface area contributed by atoms with Gasteiger partial charge in [0.2, 0.25) is 5.91 Å². The van der Waals surface area contributed by atoms with Gasteiger partial charge in [0.15, 0.2) is 5.75 Å². The molecule has 1 amide bonds. The van der Waals surface area contributed by atoms with Gasteiger partial charge in [-0.1, -0.05) is 25.4 Å². The zero-order chi connectivity index (χ0) is 22.2.